The Balaban J connectivity index is 3.27. The van der Waals surface area contributed by atoms with Crippen LogP contribution in [0.25, 0.3) is 0 Å². The molecule has 0 saturated heterocycles. The molecule has 4 N–H and O–H groups in total. The number of hydrogen-bond acceptors (Lipinski definition) is 2. The summed E-state index contributed by atoms with van der Waals surface area (Å²) in [6, 6.07) is 0. The second-order valence-corrected chi connectivity index (χ2v) is 10.9. The van der Waals surface area contributed by atoms with Crippen molar-refractivity contribution in [3.63, 3.8) is 0 Å². The van der Waals surface area contributed by atoms with Crippen molar-refractivity contribution in [2.45, 2.75) is 193 Å². The molecule has 0 aromatic rings. The van der Waals surface area contributed by atoms with E-state index in [2.05, 4.69) is 13.8 Å². The quantitative estimate of drug-likeness (QED) is 0.0961. The van der Waals surface area contributed by atoms with Gasteiger partial charge in [0.1, 0.15) is 0 Å². The maximum absolute atomic E-state index is 6.36. The van der Waals surface area contributed by atoms with Crippen LogP contribution in [0.3, 0.4) is 0 Å². The molecule has 0 atom stereocenters. The van der Waals surface area contributed by atoms with Gasteiger partial charge in [-0.05, 0) is 12.8 Å². The van der Waals surface area contributed by atoms with Crippen LogP contribution in [0.15, 0.2) is 0 Å². The summed E-state index contributed by atoms with van der Waals surface area (Å²) in [5.41, 5.74) is 12.3. The van der Waals surface area contributed by atoms with Gasteiger partial charge in [-0.25, -0.2) is 0 Å². The van der Waals surface area contributed by atoms with Gasteiger partial charge in [-0.1, -0.05) is 174 Å². The summed E-state index contributed by atoms with van der Waals surface area (Å²) in [6.45, 7) is 4.58. The maximum atomic E-state index is 6.36. The Kier molecular flexibility index (Phi) is 25.5. The van der Waals surface area contributed by atoms with Gasteiger partial charge in [0.15, 0.2) is 0 Å². The summed E-state index contributed by atoms with van der Waals surface area (Å²) in [5.74, 6) is 0. The van der Waals surface area contributed by atoms with Crippen molar-refractivity contribution in [1.29, 1.82) is 0 Å². The van der Waals surface area contributed by atoms with Gasteiger partial charge in [0.05, 0.1) is 5.66 Å². The monoisotopic (exact) mass is 453 g/mol. The van der Waals surface area contributed by atoms with Gasteiger partial charge in [-0.15, -0.1) is 0 Å². The molecule has 194 valence electrons. The van der Waals surface area contributed by atoms with Gasteiger partial charge < -0.3 is 11.5 Å². The predicted molar refractivity (Wildman–Crippen MR) is 147 cm³/mol. The van der Waals surface area contributed by atoms with Crippen molar-refractivity contribution in [3.05, 3.63) is 0 Å². The molecule has 0 aromatic carbocycles. The molecule has 2 nitrogen and oxygen atoms in total. The van der Waals surface area contributed by atoms with Crippen molar-refractivity contribution in [3.8, 4) is 0 Å². The normalized spacial score (nSPS) is 12.0. The summed E-state index contributed by atoms with van der Waals surface area (Å²) in [6.07, 6.45) is 36.9. The number of nitrogens with two attached hydrogens (primary N) is 2. The maximum Gasteiger partial charge on any atom is 0.0636 e. The third-order valence-electron chi connectivity index (χ3n) is 7.24. The molecule has 0 saturated carbocycles. The van der Waals surface area contributed by atoms with Gasteiger partial charge in [-0.3, -0.25) is 0 Å². The largest absolute Gasteiger partial charge is 0.313 e. The van der Waals surface area contributed by atoms with E-state index in [0.29, 0.717) is 0 Å². The van der Waals surface area contributed by atoms with Crippen LogP contribution in [0.1, 0.15) is 187 Å². The van der Waals surface area contributed by atoms with Crippen LogP contribution >= 0.6 is 0 Å². The van der Waals surface area contributed by atoms with E-state index >= 15 is 0 Å². The lowest BCUT2D eigenvalue weighted by atomic mass is 9.95. The van der Waals surface area contributed by atoms with Gasteiger partial charge in [0.25, 0.3) is 0 Å². The van der Waals surface area contributed by atoms with Crippen LogP contribution < -0.4 is 11.5 Å². The van der Waals surface area contributed by atoms with E-state index in [-0.39, 0.29) is 0 Å². The molecule has 32 heavy (non-hydrogen) atoms. The molecule has 0 aliphatic rings. The Labute approximate surface area is 204 Å². The second kappa shape index (κ2) is 25.5. The highest BCUT2D eigenvalue weighted by Crippen LogP contribution is 2.18. The predicted octanol–water partition coefficient (Wildman–Crippen LogP) is 10.2. The fourth-order valence-electron chi connectivity index (χ4n) is 4.89. The third kappa shape index (κ3) is 26.2. The standard InChI is InChI=1S/C30H64N2/c1-3-5-7-9-11-13-15-16-17-18-19-21-23-25-27-29-30(31,32)28-26-24-22-20-14-12-10-8-6-4-2/h3-29,31-32H2,1-2H3. The van der Waals surface area contributed by atoms with Crippen LogP contribution in [0.2, 0.25) is 0 Å². The zero-order chi connectivity index (χ0) is 23.6. The van der Waals surface area contributed by atoms with Gasteiger partial charge in [0.2, 0.25) is 0 Å². The molecule has 0 aliphatic heterocycles. The molecule has 0 fully saturated rings. The first-order chi connectivity index (χ1) is 15.6. The molecule has 0 rings (SSSR count). The van der Waals surface area contributed by atoms with E-state index in [1.165, 1.54) is 161 Å². The van der Waals surface area contributed by atoms with Crippen molar-refractivity contribution < 1.29 is 0 Å². The van der Waals surface area contributed by atoms with Crippen molar-refractivity contribution in [2.24, 2.45) is 11.5 Å². The summed E-state index contributed by atoms with van der Waals surface area (Å²) in [7, 11) is 0. The third-order valence-corrected chi connectivity index (χ3v) is 7.24. The Morgan fingerprint density at radius 1 is 0.312 bits per heavy atom. The molecule has 0 radical (unpaired) electrons. The first-order valence-electron chi connectivity index (χ1n) is 15.2. The van der Waals surface area contributed by atoms with Gasteiger partial charge in [-0.2, -0.15) is 0 Å². The minimum Gasteiger partial charge on any atom is -0.313 e. The topological polar surface area (TPSA) is 52.0 Å². The number of unbranched alkanes of at least 4 members (excludes halogenated alkanes) is 23. The fourth-order valence-corrected chi connectivity index (χ4v) is 4.89. The van der Waals surface area contributed by atoms with Crippen molar-refractivity contribution >= 4 is 0 Å². The Bertz CT molecular complexity index is 340. The fraction of sp³-hybridized carbons (Fsp3) is 1.00. The van der Waals surface area contributed by atoms with Crippen LogP contribution in [-0.2, 0) is 0 Å². The molecule has 0 heterocycles. The molecule has 2 heteroatoms. The molecule has 0 aromatic heterocycles. The summed E-state index contributed by atoms with van der Waals surface area (Å²) in [4.78, 5) is 0. The second-order valence-electron chi connectivity index (χ2n) is 10.9. The van der Waals surface area contributed by atoms with Crippen LogP contribution in [0.4, 0.5) is 0 Å². The Morgan fingerprint density at radius 3 is 0.719 bits per heavy atom. The van der Waals surface area contributed by atoms with E-state index in [1.54, 1.807) is 0 Å². The highest BCUT2D eigenvalue weighted by molar-refractivity contribution is 4.76. The summed E-state index contributed by atoms with van der Waals surface area (Å²) in [5, 5.41) is 0. The lowest BCUT2D eigenvalue weighted by Crippen LogP contribution is -2.49. The first kappa shape index (κ1) is 31.9. The minimum absolute atomic E-state index is 0.420. The van der Waals surface area contributed by atoms with E-state index in [1.807, 2.05) is 0 Å². The average Bonchev–Trinajstić information content (AvgIpc) is 2.77. The molecule has 0 spiro atoms. The molecular formula is C30H64N2. The van der Waals surface area contributed by atoms with Crippen LogP contribution in [-0.4, -0.2) is 5.66 Å². The zero-order valence-corrected chi connectivity index (χ0v) is 22.7. The SMILES string of the molecule is CCCCCCCCCCCCCCCCCC(N)(N)CCCCCCCCCCCC. The van der Waals surface area contributed by atoms with Gasteiger partial charge >= 0.3 is 0 Å². The smallest absolute Gasteiger partial charge is 0.0636 e. The number of hydrogen-bond donors (Lipinski definition) is 2. The lowest BCUT2D eigenvalue weighted by Gasteiger charge is -2.24. The highest BCUT2D eigenvalue weighted by Gasteiger charge is 2.17. The van der Waals surface area contributed by atoms with E-state index in [4.69, 9.17) is 11.5 Å². The zero-order valence-electron chi connectivity index (χ0n) is 22.7. The van der Waals surface area contributed by atoms with E-state index in [9.17, 15) is 0 Å². The first-order valence-corrected chi connectivity index (χ1v) is 15.2. The minimum atomic E-state index is -0.420. The Morgan fingerprint density at radius 2 is 0.500 bits per heavy atom. The summed E-state index contributed by atoms with van der Waals surface area (Å²) < 4.78 is 0. The molecule has 0 unspecified atom stereocenters. The van der Waals surface area contributed by atoms with Crippen LogP contribution in [0.5, 0.6) is 0 Å². The molecule has 0 bridgehead atoms. The average molecular weight is 453 g/mol. The van der Waals surface area contributed by atoms with E-state index < -0.39 is 5.66 Å². The molecular weight excluding hydrogens is 388 g/mol. The highest BCUT2D eigenvalue weighted by atomic mass is 14.9. The Hall–Kier alpha value is -0.0800. The lowest BCUT2D eigenvalue weighted by molar-refractivity contribution is 0.345. The molecule has 0 amide bonds. The molecule has 0 aliphatic carbocycles. The van der Waals surface area contributed by atoms with E-state index in [0.717, 1.165) is 12.8 Å². The summed E-state index contributed by atoms with van der Waals surface area (Å²) >= 11 is 0. The van der Waals surface area contributed by atoms with Gasteiger partial charge in [0, 0.05) is 0 Å². The van der Waals surface area contributed by atoms with Crippen molar-refractivity contribution in [2.75, 3.05) is 0 Å². The van der Waals surface area contributed by atoms with Crippen molar-refractivity contribution in [1.82, 2.24) is 0 Å². The van der Waals surface area contributed by atoms with Crippen LogP contribution in [0, 0.1) is 0 Å². The number of rotatable bonds is 27.